The van der Waals surface area contributed by atoms with Crippen LogP contribution in [-0.4, -0.2) is 69.4 Å². The molecule has 10 heteroatoms. The minimum absolute atomic E-state index is 0.0421. The van der Waals surface area contributed by atoms with Gasteiger partial charge in [0, 0.05) is 35.2 Å². The van der Waals surface area contributed by atoms with Gasteiger partial charge in [-0.15, -0.1) is 37.9 Å². The molecule has 3 atom stereocenters. The molecule has 0 aromatic rings. The minimum atomic E-state index is -0.150. The molecule has 0 N–H and O–H groups in total. The molecule has 1 radical (unpaired) electrons. The molecule has 3 aliphatic rings. The lowest BCUT2D eigenvalue weighted by Gasteiger charge is -2.59. The first kappa shape index (κ1) is 24.8. The summed E-state index contributed by atoms with van der Waals surface area (Å²) < 4.78 is 0. The number of nitrogens with zero attached hydrogens (tertiary/aromatic N) is 6. The normalized spacial score (nSPS) is 27.2. The smallest absolute Gasteiger partial charge is 0.195 e. The molecule has 0 amide bonds. The van der Waals surface area contributed by atoms with Crippen LogP contribution in [0.4, 0.5) is 0 Å². The standard InChI is InChI=1S/C21H39BN6S3/c1-19(2,3)23-10-13-26(16(23)29)22(27-14-11-24(17(27)30)20(4,5)6)28-15-12-25(18(28)31)21(7,8)9/h10-18,29-31H,1-9H3/q-1. The fraction of sp³-hybridized carbons (Fsp3) is 0.714. The van der Waals surface area contributed by atoms with Crippen molar-refractivity contribution < 1.29 is 0 Å². The molecular weight excluding hydrogens is 443 g/mol. The maximum absolute atomic E-state index is 5.03. The van der Waals surface area contributed by atoms with Crippen LogP contribution in [0.25, 0.3) is 0 Å². The molecule has 31 heavy (non-hydrogen) atoms. The first-order valence-corrected chi connectivity index (χ1v) is 12.4. The van der Waals surface area contributed by atoms with Crippen LogP contribution in [0.15, 0.2) is 37.2 Å². The van der Waals surface area contributed by atoms with E-state index in [0.717, 1.165) is 0 Å². The van der Waals surface area contributed by atoms with Crippen LogP contribution in [0, 0.1) is 0 Å². The van der Waals surface area contributed by atoms with Crippen molar-refractivity contribution in [3.8, 4) is 0 Å². The van der Waals surface area contributed by atoms with Crippen LogP contribution in [0.2, 0.25) is 0 Å². The molecule has 3 aliphatic heterocycles. The Morgan fingerprint density at radius 3 is 0.871 bits per heavy atom. The van der Waals surface area contributed by atoms with E-state index in [4.69, 9.17) is 37.9 Å². The highest BCUT2D eigenvalue weighted by Gasteiger charge is 2.41. The summed E-state index contributed by atoms with van der Waals surface area (Å²) in [4.78, 5) is 13.6. The quantitative estimate of drug-likeness (QED) is 0.409. The molecular formula is C21H39BN6S3-. The van der Waals surface area contributed by atoms with Crippen molar-refractivity contribution in [2.24, 2.45) is 0 Å². The van der Waals surface area contributed by atoms with E-state index in [1.54, 1.807) is 0 Å². The summed E-state index contributed by atoms with van der Waals surface area (Å²) in [6.07, 6.45) is 12.8. The van der Waals surface area contributed by atoms with E-state index in [-0.39, 0.29) is 40.2 Å². The van der Waals surface area contributed by atoms with Crippen LogP contribution in [0.3, 0.4) is 0 Å². The lowest BCUT2D eigenvalue weighted by molar-refractivity contribution is 0.130. The highest BCUT2D eigenvalue weighted by molar-refractivity contribution is 7.81. The van der Waals surface area contributed by atoms with E-state index >= 15 is 0 Å². The van der Waals surface area contributed by atoms with Crippen molar-refractivity contribution in [2.45, 2.75) is 95.4 Å². The predicted octanol–water partition coefficient (Wildman–Crippen LogP) is 4.27. The Bertz CT molecular complexity index is 654. The number of hydrogen-bond acceptors (Lipinski definition) is 9. The van der Waals surface area contributed by atoms with Gasteiger partial charge in [0.2, 0.25) is 0 Å². The molecule has 0 aromatic carbocycles. The molecule has 0 saturated heterocycles. The molecule has 0 aromatic heterocycles. The summed E-state index contributed by atoms with van der Waals surface area (Å²) >= 11 is 15.1. The number of rotatable bonds is 3. The Labute approximate surface area is 206 Å². The Morgan fingerprint density at radius 1 is 0.484 bits per heavy atom. The van der Waals surface area contributed by atoms with Crippen LogP contribution < -0.4 is 0 Å². The van der Waals surface area contributed by atoms with Crippen LogP contribution >= 0.6 is 37.9 Å². The monoisotopic (exact) mass is 482 g/mol. The summed E-state index contributed by atoms with van der Waals surface area (Å²) in [5.41, 5.74) is -0.459. The van der Waals surface area contributed by atoms with Crippen LogP contribution in [0.5, 0.6) is 0 Å². The van der Waals surface area contributed by atoms with Gasteiger partial charge in [0.1, 0.15) is 16.5 Å². The molecule has 0 spiro atoms. The first-order chi connectivity index (χ1) is 14.0. The summed E-state index contributed by atoms with van der Waals surface area (Å²) in [5.74, 6) is 0. The Morgan fingerprint density at radius 2 is 0.710 bits per heavy atom. The molecule has 0 saturated carbocycles. The Hall–Kier alpha value is -0.865. The highest BCUT2D eigenvalue weighted by atomic mass is 32.1. The lowest BCUT2D eigenvalue weighted by Crippen LogP contribution is -2.66. The van der Waals surface area contributed by atoms with E-state index in [1.165, 1.54) is 0 Å². The lowest BCUT2D eigenvalue weighted by atomic mass is 9.85. The third kappa shape index (κ3) is 4.62. The summed E-state index contributed by atoms with van der Waals surface area (Å²) in [5, 5.41) is 0. The minimum Gasteiger partial charge on any atom is -0.510 e. The van der Waals surface area contributed by atoms with E-state index in [0.29, 0.717) is 0 Å². The van der Waals surface area contributed by atoms with Crippen molar-refractivity contribution in [3.63, 3.8) is 0 Å². The van der Waals surface area contributed by atoms with E-state index in [9.17, 15) is 0 Å². The predicted molar refractivity (Wildman–Crippen MR) is 142 cm³/mol. The molecule has 0 bridgehead atoms. The summed E-state index contributed by atoms with van der Waals surface area (Å²) in [7, 11) is -0.150. The second-order valence-corrected chi connectivity index (χ2v) is 12.7. The van der Waals surface area contributed by atoms with Gasteiger partial charge in [-0.2, -0.15) is 0 Å². The molecule has 3 rings (SSSR count). The van der Waals surface area contributed by atoms with Crippen molar-refractivity contribution in [1.82, 2.24) is 29.1 Å². The van der Waals surface area contributed by atoms with E-state index in [2.05, 4.69) is 129 Å². The number of hydrogen-bond donors (Lipinski definition) is 3. The van der Waals surface area contributed by atoms with E-state index < -0.39 is 0 Å². The largest absolute Gasteiger partial charge is 0.510 e. The van der Waals surface area contributed by atoms with Gasteiger partial charge in [0.05, 0.1) is 0 Å². The van der Waals surface area contributed by atoms with Crippen molar-refractivity contribution in [1.29, 1.82) is 0 Å². The average Bonchev–Trinajstić information content (AvgIpc) is 3.26. The first-order valence-electron chi connectivity index (χ1n) is 10.8. The summed E-state index contributed by atoms with van der Waals surface area (Å²) in [6.45, 7) is 19.8. The van der Waals surface area contributed by atoms with Gasteiger partial charge >= 0.3 is 0 Å². The fourth-order valence-corrected chi connectivity index (χ4v) is 5.96. The van der Waals surface area contributed by atoms with E-state index in [1.807, 2.05) is 0 Å². The van der Waals surface area contributed by atoms with Gasteiger partial charge in [-0.05, 0) is 80.9 Å². The zero-order chi connectivity index (χ0) is 23.5. The van der Waals surface area contributed by atoms with Crippen LogP contribution in [0.1, 0.15) is 62.3 Å². The number of thiol groups is 3. The van der Waals surface area contributed by atoms with Gasteiger partial charge < -0.3 is 29.1 Å². The maximum Gasteiger partial charge on any atom is 0.195 e. The van der Waals surface area contributed by atoms with Crippen molar-refractivity contribution >= 4 is 45.0 Å². The van der Waals surface area contributed by atoms with Crippen molar-refractivity contribution in [2.75, 3.05) is 0 Å². The topological polar surface area (TPSA) is 19.4 Å². The molecule has 0 fully saturated rings. The third-order valence-corrected chi connectivity index (χ3v) is 7.41. The zero-order valence-corrected chi connectivity index (χ0v) is 23.0. The molecule has 3 heterocycles. The SMILES string of the molecule is CC(C)(C)N1C=CN([B-](N2C=CN(C(C)(C)C)C2S)N2C=CN(C(C)(C)C)C2S)C1S. The highest BCUT2D eigenvalue weighted by Crippen LogP contribution is 2.37. The summed E-state index contributed by atoms with van der Waals surface area (Å²) in [6, 6.07) is 0. The van der Waals surface area contributed by atoms with Crippen molar-refractivity contribution in [3.05, 3.63) is 37.2 Å². The van der Waals surface area contributed by atoms with Gasteiger partial charge in [-0.1, -0.05) is 0 Å². The second-order valence-electron chi connectivity index (χ2n) is 11.4. The second kappa shape index (κ2) is 8.17. The Balaban J connectivity index is 1.97. The van der Waals surface area contributed by atoms with Gasteiger partial charge in [-0.25, -0.2) is 0 Å². The molecule has 0 aliphatic carbocycles. The van der Waals surface area contributed by atoms with Gasteiger partial charge in [-0.3, -0.25) is 0 Å². The zero-order valence-electron chi connectivity index (χ0n) is 20.3. The third-order valence-electron chi connectivity index (χ3n) is 5.87. The van der Waals surface area contributed by atoms with Gasteiger partial charge in [0.15, 0.2) is 7.12 Å². The molecule has 6 nitrogen and oxygen atoms in total. The molecule has 175 valence electrons. The Kier molecular flexibility index (Phi) is 6.53. The fourth-order valence-electron chi connectivity index (χ4n) is 4.10. The maximum atomic E-state index is 5.03. The molecule has 3 unspecified atom stereocenters. The van der Waals surface area contributed by atoms with Crippen LogP contribution in [-0.2, 0) is 0 Å². The van der Waals surface area contributed by atoms with Gasteiger partial charge in [0.25, 0.3) is 0 Å². The average molecular weight is 483 g/mol.